The maximum Gasteiger partial charge on any atom is 0.307 e. The van der Waals surface area contributed by atoms with E-state index in [2.05, 4.69) is 6.58 Å². The summed E-state index contributed by atoms with van der Waals surface area (Å²) in [6, 6.07) is 0. The van der Waals surface area contributed by atoms with Crippen molar-refractivity contribution in [1.82, 2.24) is 4.90 Å². The normalized spacial score (nSPS) is 26.1. The lowest BCUT2D eigenvalue weighted by molar-refractivity contribution is -0.149. The smallest absolute Gasteiger partial charge is 0.307 e. The highest BCUT2D eigenvalue weighted by Gasteiger charge is 2.42. The quantitative estimate of drug-likeness (QED) is 0.709. The second-order valence-electron chi connectivity index (χ2n) is 5.19. The zero-order chi connectivity index (χ0) is 14.4. The Hall–Kier alpha value is -1.36. The number of aliphatic carboxylic acids is 1. The number of carboxylic acids is 1. The molecule has 19 heavy (non-hydrogen) atoms. The van der Waals surface area contributed by atoms with E-state index in [0.29, 0.717) is 32.5 Å². The molecule has 108 valence electrons. The van der Waals surface area contributed by atoms with Crippen LogP contribution in [-0.4, -0.2) is 48.7 Å². The molecular weight excluding hydrogens is 246 g/mol. The van der Waals surface area contributed by atoms with Gasteiger partial charge in [0.1, 0.15) is 0 Å². The van der Waals surface area contributed by atoms with Crippen LogP contribution < -0.4 is 0 Å². The number of carbonyl (C=O) groups is 2. The van der Waals surface area contributed by atoms with Gasteiger partial charge in [0, 0.05) is 20.2 Å². The average Bonchev–Trinajstić information content (AvgIpc) is 2.76. The summed E-state index contributed by atoms with van der Waals surface area (Å²) in [5.74, 6) is -1.65. The molecule has 5 nitrogen and oxygen atoms in total. The van der Waals surface area contributed by atoms with Gasteiger partial charge in [-0.05, 0) is 18.8 Å². The van der Waals surface area contributed by atoms with Crippen molar-refractivity contribution in [2.75, 3.05) is 26.8 Å². The molecule has 1 N–H and O–H groups in total. The van der Waals surface area contributed by atoms with Gasteiger partial charge in [-0.15, -0.1) is 6.58 Å². The van der Waals surface area contributed by atoms with Gasteiger partial charge in [0.2, 0.25) is 5.91 Å². The first-order chi connectivity index (χ1) is 9.01. The number of ether oxygens (including phenoxy) is 1. The van der Waals surface area contributed by atoms with Gasteiger partial charge >= 0.3 is 5.97 Å². The maximum absolute atomic E-state index is 12.5. The van der Waals surface area contributed by atoms with Crippen LogP contribution in [0.5, 0.6) is 0 Å². The van der Waals surface area contributed by atoms with Crippen molar-refractivity contribution in [3.05, 3.63) is 12.7 Å². The number of rotatable bonds is 7. The highest BCUT2D eigenvalue weighted by molar-refractivity contribution is 5.85. The van der Waals surface area contributed by atoms with Crippen LogP contribution in [0, 0.1) is 17.8 Å². The van der Waals surface area contributed by atoms with E-state index in [9.17, 15) is 14.7 Å². The molecule has 5 heteroatoms. The number of methoxy groups -OCH3 is 1. The molecule has 0 saturated heterocycles. The number of nitrogens with zero attached hydrogens (tertiary/aromatic N) is 1. The predicted octanol–water partition coefficient (Wildman–Crippen LogP) is 1.39. The second kappa shape index (κ2) is 7.28. The number of amides is 1. The highest BCUT2D eigenvalue weighted by Crippen LogP contribution is 2.37. The lowest BCUT2D eigenvalue weighted by atomic mass is 9.94. The molecule has 1 aliphatic carbocycles. The number of carbonyl (C=O) groups excluding carboxylic acids is 1. The average molecular weight is 269 g/mol. The Morgan fingerprint density at radius 2 is 2.05 bits per heavy atom. The van der Waals surface area contributed by atoms with Crippen molar-refractivity contribution in [2.24, 2.45) is 17.8 Å². The van der Waals surface area contributed by atoms with E-state index in [1.807, 2.05) is 6.92 Å². The van der Waals surface area contributed by atoms with E-state index in [1.54, 1.807) is 18.1 Å². The molecule has 3 atom stereocenters. The summed E-state index contributed by atoms with van der Waals surface area (Å²) >= 11 is 0. The van der Waals surface area contributed by atoms with Crippen molar-refractivity contribution in [3.8, 4) is 0 Å². The van der Waals surface area contributed by atoms with Crippen molar-refractivity contribution in [1.29, 1.82) is 0 Å². The van der Waals surface area contributed by atoms with E-state index in [-0.39, 0.29) is 11.8 Å². The lowest BCUT2D eigenvalue weighted by Crippen LogP contribution is -2.41. The summed E-state index contributed by atoms with van der Waals surface area (Å²) in [5.41, 5.74) is 0. The third-order valence-electron chi connectivity index (χ3n) is 3.66. The van der Waals surface area contributed by atoms with Crippen LogP contribution >= 0.6 is 0 Å². The van der Waals surface area contributed by atoms with Crippen molar-refractivity contribution < 1.29 is 19.4 Å². The summed E-state index contributed by atoms with van der Waals surface area (Å²) in [4.78, 5) is 25.3. The SMILES string of the molecule is C=CCN(CCOC)C(=O)[C@H]1CC(C)C[C@H]1C(=O)O. The van der Waals surface area contributed by atoms with E-state index in [1.165, 1.54) is 0 Å². The van der Waals surface area contributed by atoms with Gasteiger partial charge in [0.15, 0.2) is 0 Å². The van der Waals surface area contributed by atoms with E-state index in [4.69, 9.17) is 4.74 Å². The van der Waals surface area contributed by atoms with Crippen molar-refractivity contribution in [2.45, 2.75) is 19.8 Å². The molecular formula is C14H23NO4. The van der Waals surface area contributed by atoms with Gasteiger partial charge in [-0.1, -0.05) is 13.0 Å². The zero-order valence-electron chi connectivity index (χ0n) is 11.7. The van der Waals surface area contributed by atoms with Crippen LogP contribution in [0.3, 0.4) is 0 Å². The monoisotopic (exact) mass is 269 g/mol. The number of carboxylic acid groups (broad SMARTS) is 1. The molecule has 1 aliphatic rings. The minimum Gasteiger partial charge on any atom is -0.481 e. The minimum absolute atomic E-state index is 0.0892. The Morgan fingerprint density at radius 3 is 2.58 bits per heavy atom. The number of hydrogen-bond acceptors (Lipinski definition) is 3. The third-order valence-corrected chi connectivity index (χ3v) is 3.66. The Balaban J connectivity index is 2.76. The highest BCUT2D eigenvalue weighted by atomic mass is 16.5. The predicted molar refractivity (Wildman–Crippen MR) is 71.7 cm³/mol. The minimum atomic E-state index is -0.868. The van der Waals surface area contributed by atoms with Gasteiger partial charge in [0.05, 0.1) is 18.4 Å². The van der Waals surface area contributed by atoms with Gasteiger partial charge in [-0.3, -0.25) is 9.59 Å². The molecule has 0 radical (unpaired) electrons. The van der Waals surface area contributed by atoms with E-state index < -0.39 is 17.8 Å². The van der Waals surface area contributed by atoms with Crippen LogP contribution in [0.15, 0.2) is 12.7 Å². The summed E-state index contributed by atoms with van der Waals surface area (Å²) < 4.78 is 4.98. The molecule has 1 fully saturated rings. The molecule has 1 amide bonds. The Kier molecular flexibility index (Phi) is 6.02. The lowest BCUT2D eigenvalue weighted by Gasteiger charge is -2.26. The molecule has 0 aromatic rings. The summed E-state index contributed by atoms with van der Waals surface area (Å²) in [6.45, 7) is 6.98. The molecule has 0 aromatic carbocycles. The first kappa shape index (κ1) is 15.7. The first-order valence-corrected chi connectivity index (χ1v) is 6.62. The third kappa shape index (κ3) is 4.06. The molecule has 0 aliphatic heterocycles. The van der Waals surface area contributed by atoms with Crippen molar-refractivity contribution >= 4 is 11.9 Å². The van der Waals surface area contributed by atoms with Crippen LogP contribution in [0.1, 0.15) is 19.8 Å². The van der Waals surface area contributed by atoms with Crippen LogP contribution in [0.25, 0.3) is 0 Å². The Bertz CT molecular complexity index is 342. The fourth-order valence-corrected chi connectivity index (χ4v) is 2.72. The standard InChI is InChI=1S/C14H23NO4/c1-4-5-15(6-7-19-3)13(16)11-8-10(2)9-12(11)14(17)18/h4,10-12H,1,5-9H2,2-3H3,(H,17,18)/t10?,11-,12+/m0/s1. The summed E-state index contributed by atoms with van der Waals surface area (Å²) in [5, 5.41) is 9.22. The van der Waals surface area contributed by atoms with E-state index >= 15 is 0 Å². The zero-order valence-corrected chi connectivity index (χ0v) is 11.7. The maximum atomic E-state index is 12.5. The summed E-state index contributed by atoms with van der Waals surface area (Å²) in [6.07, 6.45) is 2.89. The Morgan fingerprint density at radius 1 is 1.42 bits per heavy atom. The van der Waals surface area contributed by atoms with Crippen LogP contribution in [0.2, 0.25) is 0 Å². The van der Waals surface area contributed by atoms with Crippen molar-refractivity contribution in [3.63, 3.8) is 0 Å². The Labute approximate surface area is 114 Å². The van der Waals surface area contributed by atoms with Gasteiger partial charge in [0.25, 0.3) is 0 Å². The van der Waals surface area contributed by atoms with Gasteiger partial charge in [-0.25, -0.2) is 0 Å². The second-order valence-corrected chi connectivity index (χ2v) is 5.19. The topological polar surface area (TPSA) is 66.8 Å². The molecule has 1 unspecified atom stereocenters. The van der Waals surface area contributed by atoms with E-state index in [0.717, 1.165) is 0 Å². The molecule has 0 bridgehead atoms. The molecule has 1 saturated carbocycles. The number of hydrogen-bond donors (Lipinski definition) is 1. The van der Waals surface area contributed by atoms with Crippen LogP contribution in [-0.2, 0) is 14.3 Å². The molecule has 0 heterocycles. The van der Waals surface area contributed by atoms with Crippen LogP contribution in [0.4, 0.5) is 0 Å². The van der Waals surface area contributed by atoms with Gasteiger partial charge in [-0.2, -0.15) is 0 Å². The molecule has 1 rings (SSSR count). The molecule has 0 spiro atoms. The largest absolute Gasteiger partial charge is 0.481 e. The summed E-state index contributed by atoms with van der Waals surface area (Å²) in [7, 11) is 1.58. The molecule has 0 aromatic heterocycles. The van der Waals surface area contributed by atoms with Gasteiger partial charge < -0.3 is 14.7 Å². The fourth-order valence-electron chi connectivity index (χ4n) is 2.72. The first-order valence-electron chi connectivity index (χ1n) is 6.62. The fraction of sp³-hybridized carbons (Fsp3) is 0.714.